The maximum Gasteiger partial charge on any atom is 0.135 e. The van der Waals surface area contributed by atoms with Gasteiger partial charge in [-0.25, -0.2) is 0 Å². The molecule has 2 heteroatoms. The van der Waals surface area contributed by atoms with Gasteiger partial charge in [0.2, 0.25) is 0 Å². The van der Waals surface area contributed by atoms with Crippen molar-refractivity contribution in [2.24, 2.45) is 0 Å². The normalized spacial score (nSPS) is 12.3. The first kappa shape index (κ1) is 49.7. The fourth-order valence-electron chi connectivity index (χ4n) is 13.4. The molecule has 1 aromatic heterocycles. The maximum atomic E-state index is 6.27. The minimum Gasteiger partial charge on any atom is -0.456 e. The number of hydrogen-bond donors (Lipinski definition) is 0. The van der Waals surface area contributed by atoms with Gasteiger partial charge in [0.25, 0.3) is 0 Å². The second-order valence-corrected chi connectivity index (χ2v) is 22.3. The summed E-state index contributed by atoms with van der Waals surface area (Å²) < 4.78 is 6.27. The van der Waals surface area contributed by atoms with E-state index in [-0.39, 0.29) is 0 Å². The molecule has 0 atom stereocenters. The Balaban J connectivity index is 0.920. The minimum absolute atomic E-state index is 0.754. The quantitative estimate of drug-likeness (QED) is 0.128. The van der Waals surface area contributed by atoms with Crippen molar-refractivity contribution in [3.05, 3.63) is 356 Å². The van der Waals surface area contributed by atoms with E-state index < -0.39 is 5.41 Å². The van der Waals surface area contributed by atoms with Crippen LogP contribution >= 0.6 is 0 Å². The van der Waals surface area contributed by atoms with Crippen LogP contribution in [0.15, 0.2) is 338 Å². The Hall–Kier alpha value is -11.1. The van der Waals surface area contributed by atoms with Gasteiger partial charge in [-0.1, -0.05) is 273 Å². The first-order valence-corrected chi connectivity index (χ1v) is 29.3. The van der Waals surface area contributed by atoms with Crippen molar-refractivity contribution in [3.8, 4) is 77.9 Å². The van der Waals surface area contributed by atoms with Gasteiger partial charge in [0, 0.05) is 27.7 Å². The van der Waals surface area contributed by atoms with Gasteiger partial charge in [-0.2, -0.15) is 0 Å². The zero-order valence-corrected chi connectivity index (χ0v) is 46.6. The number of furan rings is 1. The third kappa shape index (κ3) is 8.65. The second-order valence-electron chi connectivity index (χ2n) is 22.3. The summed E-state index contributed by atoms with van der Waals surface area (Å²) >= 11 is 0. The largest absolute Gasteiger partial charge is 0.456 e. The van der Waals surface area contributed by atoms with E-state index in [4.69, 9.17) is 4.42 Å². The van der Waals surface area contributed by atoms with Crippen LogP contribution in [0, 0.1) is 0 Å². The summed E-state index contributed by atoms with van der Waals surface area (Å²) in [5, 5.41) is 4.69. The summed E-state index contributed by atoms with van der Waals surface area (Å²) in [6.07, 6.45) is 0. The average molecular weight is 1080 g/mol. The predicted molar refractivity (Wildman–Crippen MR) is 356 cm³/mol. The second kappa shape index (κ2) is 20.7. The van der Waals surface area contributed by atoms with E-state index in [9.17, 15) is 0 Å². The fourth-order valence-corrected chi connectivity index (χ4v) is 13.4. The summed E-state index contributed by atoms with van der Waals surface area (Å²) in [4.78, 5) is 2.47. The third-order valence-electron chi connectivity index (χ3n) is 17.6. The number of fused-ring (bicyclic) bond motifs is 7. The van der Waals surface area contributed by atoms with E-state index >= 15 is 0 Å². The summed E-state index contributed by atoms with van der Waals surface area (Å²) in [6.45, 7) is 0. The van der Waals surface area contributed by atoms with E-state index in [1.807, 2.05) is 12.1 Å². The van der Waals surface area contributed by atoms with Gasteiger partial charge >= 0.3 is 0 Å². The van der Waals surface area contributed by atoms with Crippen LogP contribution in [0.4, 0.5) is 17.1 Å². The number of anilines is 3. The molecule has 1 aliphatic rings. The topological polar surface area (TPSA) is 16.4 Å². The van der Waals surface area contributed by atoms with E-state index in [1.165, 1.54) is 88.7 Å². The molecule has 0 fully saturated rings. The van der Waals surface area contributed by atoms with Crippen molar-refractivity contribution in [2.75, 3.05) is 4.90 Å². The number of para-hydroxylation sites is 2. The predicted octanol–water partition coefficient (Wildman–Crippen LogP) is 22.6. The van der Waals surface area contributed by atoms with E-state index in [0.717, 1.165) is 61.3 Å². The summed E-state index contributed by atoms with van der Waals surface area (Å²) in [5.74, 6) is 0. The van der Waals surface area contributed by atoms with Crippen LogP contribution in [0.25, 0.3) is 111 Å². The Bertz CT molecular complexity index is 4860. The molecule has 0 unspecified atom stereocenters. The Kier molecular flexibility index (Phi) is 12.1. The molecule has 0 amide bonds. The molecule has 15 aromatic rings. The van der Waals surface area contributed by atoms with Gasteiger partial charge in [0.15, 0.2) is 0 Å². The lowest BCUT2D eigenvalue weighted by Gasteiger charge is -2.35. The highest BCUT2D eigenvalue weighted by Crippen LogP contribution is 2.59. The third-order valence-corrected chi connectivity index (χ3v) is 17.6. The molecule has 2 nitrogen and oxygen atoms in total. The highest BCUT2D eigenvalue weighted by Gasteiger charge is 2.47. The van der Waals surface area contributed by atoms with Crippen molar-refractivity contribution in [1.82, 2.24) is 0 Å². The lowest BCUT2D eigenvalue weighted by molar-refractivity contribution is 0.669. The molecule has 16 rings (SSSR count). The SMILES string of the molecule is c1ccc(-c2ccc(-c3ccccc3N(c3ccc(-c4ccc5oc6ccccc6c5c4)cc3)c3ccc4c(c3)C(c3ccc(-c5ccccc5)cc3)(c3ccc(-c5ccccc5)cc3)c3cc(-c5ccc6ccccc6c5)ccc3-4)cc2)cc1. The standard InChI is InChI=1S/C83H55NO/c1-4-16-56(17-5-1)60-28-31-64(32-29-60)73-24-12-14-26-80(73)84(71-46-38-63(39-47-71)67-41-51-82-77(53-67)76-25-13-15-27-81(76)85-82)72-48-50-75-74-49-40-68(66-33-30-59-22-10-11-23-65(59)52-66)54-78(74)83(79(75)55-72,69-42-34-61(35-43-69)57-18-6-2-7-19-57)70-44-36-62(37-45-70)58-20-8-3-9-21-58/h1-55H. The van der Waals surface area contributed by atoms with Crippen molar-refractivity contribution in [2.45, 2.75) is 5.41 Å². The van der Waals surface area contributed by atoms with E-state index in [0.29, 0.717) is 0 Å². The molecule has 1 aliphatic carbocycles. The van der Waals surface area contributed by atoms with Gasteiger partial charge in [0.05, 0.1) is 11.1 Å². The van der Waals surface area contributed by atoms with Crippen molar-refractivity contribution in [1.29, 1.82) is 0 Å². The highest BCUT2D eigenvalue weighted by molar-refractivity contribution is 6.06. The maximum absolute atomic E-state index is 6.27. The molecule has 0 aliphatic heterocycles. The molecule has 398 valence electrons. The Morgan fingerprint density at radius 3 is 1.32 bits per heavy atom. The fraction of sp³-hybridized carbons (Fsp3) is 0.0120. The van der Waals surface area contributed by atoms with Crippen LogP contribution in [0.3, 0.4) is 0 Å². The van der Waals surface area contributed by atoms with Gasteiger partial charge < -0.3 is 9.32 Å². The summed E-state index contributed by atoms with van der Waals surface area (Å²) in [7, 11) is 0. The van der Waals surface area contributed by atoms with Gasteiger partial charge in [0.1, 0.15) is 11.2 Å². The Morgan fingerprint density at radius 2 is 0.659 bits per heavy atom. The van der Waals surface area contributed by atoms with Crippen molar-refractivity contribution in [3.63, 3.8) is 0 Å². The minimum atomic E-state index is -0.754. The number of hydrogen-bond acceptors (Lipinski definition) is 2. The number of benzene rings is 14. The molecule has 0 radical (unpaired) electrons. The molecular weight excluding hydrogens is 1030 g/mol. The molecule has 0 spiro atoms. The average Bonchev–Trinajstić information content (AvgIpc) is 2.21. The Labute approximate surface area is 495 Å². The van der Waals surface area contributed by atoms with Crippen LogP contribution in [-0.4, -0.2) is 0 Å². The lowest BCUT2D eigenvalue weighted by Crippen LogP contribution is -2.29. The first-order valence-electron chi connectivity index (χ1n) is 29.3. The zero-order valence-electron chi connectivity index (χ0n) is 46.6. The molecule has 0 N–H and O–H groups in total. The lowest BCUT2D eigenvalue weighted by atomic mass is 9.67. The molecule has 0 saturated carbocycles. The van der Waals surface area contributed by atoms with Crippen LogP contribution in [0.2, 0.25) is 0 Å². The van der Waals surface area contributed by atoms with Crippen molar-refractivity contribution < 1.29 is 4.42 Å². The van der Waals surface area contributed by atoms with Gasteiger partial charge in [-0.15, -0.1) is 0 Å². The monoisotopic (exact) mass is 1080 g/mol. The number of nitrogens with zero attached hydrogens (tertiary/aromatic N) is 1. The van der Waals surface area contributed by atoms with Crippen LogP contribution in [0.5, 0.6) is 0 Å². The Morgan fingerprint density at radius 1 is 0.235 bits per heavy atom. The molecule has 0 bridgehead atoms. The summed E-state index contributed by atoms with van der Waals surface area (Å²) in [5.41, 5.74) is 25.5. The van der Waals surface area contributed by atoms with Crippen LogP contribution < -0.4 is 4.90 Å². The molecule has 14 aromatic carbocycles. The van der Waals surface area contributed by atoms with Crippen LogP contribution in [0.1, 0.15) is 22.3 Å². The summed E-state index contributed by atoms with van der Waals surface area (Å²) in [6, 6.07) is 123. The molecule has 85 heavy (non-hydrogen) atoms. The van der Waals surface area contributed by atoms with Gasteiger partial charge in [-0.3, -0.25) is 0 Å². The number of rotatable bonds is 11. The highest BCUT2D eigenvalue weighted by atomic mass is 16.3. The van der Waals surface area contributed by atoms with Crippen LogP contribution in [-0.2, 0) is 5.41 Å². The zero-order chi connectivity index (χ0) is 56.3. The van der Waals surface area contributed by atoms with Gasteiger partial charge in [-0.05, 0) is 166 Å². The first-order chi connectivity index (χ1) is 42.1. The molecular formula is C83H55NO. The molecule has 0 saturated heterocycles. The van der Waals surface area contributed by atoms with Crippen molar-refractivity contribution >= 4 is 49.8 Å². The molecule has 1 heterocycles. The van der Waals surface area contributed by atoms with E-state index in [2.05, 4.69) is 326 Å². The van der Waals surface area contributed by atoms with E-state index in [1.54, 1.807) is 0 Å². The smallest absolute Gasteiger partial charge is 0.135 e.